The minimum atomic E-state index is -0.496. The zero-order chi connectivity index (χ0) is 23.9. The van der Waals surface area contributed by atoms with Gasteiger partial charge in [0.25, 0.3) is 0 Å². The molecule has 1 aliphatic rings. The Morgan fingerprint density at radius 2 is 1.46 bits per heavy atom. The van der Waals surface area contributed by atoms with Crippen molar-refractivity contribution in [3.63, 3.8) is 0 Å². The first-order valence-electron chi connectivity index (χ1n) is 12.2. The second-order valence-corrected chi connectivity index (χ2v) is 8.88. The lowest BCUT2D eigenvalue weighted by Crippen LogP contribution is -2.46. The number of benzene rings is 3. The molecular weight excluding hydrogens is 434 g/mol. The van der Waals surface area contributed by atoms with Gasteiger partial charge in [0.2, 0.25) is 5.91 Å². The number of nitrogens with one attached hydrogen (secondary N) is 1. The van der Waals surface area contributed by atoms with Gasteiger partial charge in [-0.05, 0) is 34.9 Å². The van der Waals surface area contributed by atoms with Crippen LogP contribution in [0.3, 0.4) is 0 Å². The van der Waals surface area contributed by atoms with E-state index in [1.54, 1.807) is 10.9 Å². The fourth-order valence-electron chi connectivity index (χ4n) is 4.70. The van der Waals surface area contributed by atoms with Gasteiger partial charge in [-0.2, -0.15) is 5.10 Å². The molecule has 1 fully saturated rings. The summed E-state index contributed by atoms with van der Waals surface area (Å²) in [6, 6.07) is 30.2. The summed E-state index contributed by atoms with van der Waals surface area (Å²) in [5.74, 6) is -0.0637. The molecule has 0 spiro atoms. The van der Waals surface area contributed by atoms with Crippen molar-refractivity contribution >= 4 is 11.6 Å². The Morgan fingerprint density at radius 1 is 0.800 bits per heavy atom. The molecule has 0 radical (unpaired) electrons. The van der Waals surface area contributed by atoms with Gasteiger partial charge in [0.05, 0.1) is 0 Å². The van der Waals surface area contributed by atoms with E-state index in [0.29, 0.717) is 6.54 Å². The first-order chi connectivity index (χ1) is 17.3. The van der Waals surface area contributed by atoms with Crippen LogP contribution in [0.5, 0.6) is 0 Å². The van der Waals surface area contributed by atoms with Gasteiger partial charge in [0.15, 0.2) is 6.04 Å². The van der Waals surface area contributed by atoms with Crippen molar-refractivity contribution in [3.8, 4) is 0 Å². The minimum Gasteiger partial charge on any atom is -0.369 e. The van der Waals surface area contributed by atoms with Crippen LogP contribution in [0.15, 0.2) is 103 Å². The predicted octanol–water partition coefficient (Wildman–Crippen LogP) is 4.11. The molecule has 5 rings (SSSR count). The van der Waals surface area contributed by atoms with E-state index < -0.39 is 6.04 Å². The van der Waals surface area contributed by atoms with Crippen molar-refractivity contribution < 1.29 is 4.79 Å². The Morgan fingerprint density at radius 3 is 2.14 bits per heavy atom. The second-order valence-electron chi connectivity index (χ2n) is 8.88. The number of hydrogen-bond donors (Lipinski definition) is 1. The molecule has 1 aliphatic heterocycles. The van der Waals surface area contributed by atoms with Crippen LogP contribution in [-0.4, -0.2) is 46.8 Å². The summed E-state index contributed by atoms with van der Waals surface area (Å²) < 4.78 is 1.71. The summed E-state index contributed by atoms with van der Waals surface area (Å²) in [5, 5.41) is 7.50. The van der Waals surface area contributed by atoms with Gasteiger partial charge >= 0.3 is 0 Å². The third-order valence-corrected chi connectivity index (χ3v) is 6.61. The van der Waals surface area contributed by atoms with E-state index in [0.717, 1.165) is 43.9 Å². The molecule has 35 heavy (non-hydrogen) atoms. The van der Waals surface area contributed by atoms with Crippen molar-refractivity contribution in [2.45, 2.75) is 19.1 Å². The van der Waals surface area contributed by atoms with Crippen molar-refractivity contribution in [2.75, 3.05) is 31.1 Å². The van der Waals surface area contributed by atoms with Crippen LogP contribution in [0, 0.1) is 0 Å². The van der Waals surface area contributed by atoms with Crippen LogP contribution in [0.1, 0.15) is 22.7 Å². The molecule has 1 unspecified atom stereocenters. The highest BCUT2D eigenvalue weighted by Gasteiger charge is 2.23. The summed E-state index contributed by atoms with van der Waals surface area (Å²) >= 11 is 0. The lowest BCUT2D eigenvalue weighted by Gasteiger charge is -2.36. The van der Waals surface area contributed by atoms with Crippen LogP contribution in [0.4, 0.5) is 5.69 Å². The van der Waals surface area contributed by atoms with E-state index in [4.69, 9.17) is 0 Å². The van der Waals surface area contributed by atoms with Crippen molar-refractivity contribution in [2.24, 2.45) is 0 Å². The van der Waals surface area contributed by atoms with Gasteiger partial charge in [0, 0.05) is 57.3 Å². The summed E-state index contributed by atoms with van der Waals surface area (Å²) in [4.78, 5) is 18.2. The van der Waals surface area contributed by atoms with Crippen LogP contribution in [-0.2, 0) is 17.9 Å². The third kappa shape index (κ3) is 5.61. The topological polar surface area (TPSA) is 53.4 Å². The summed E-state index contributed by atoms with van der Waals surface area (Å²) in [5.41, 5.74) is 4.62. The average molecular weight is 466 g/mol. The Kier molecular flexibility index (Phi) is 7.20. The summed E-state index contributed by atoms with van der Waals surface area (Å²) in [7, 11) is 0. The second kappa shape index (κ2) is 11.0. The number of nitrogens with zero attached hydrogens (tertiary/aromatic N) is 4. The summed E-state index contributed by atoms with van der Waals surface area (Å²) in [6.07, 6.45) is 3.54. The maximum Gasteiger partial charge on any atom is 0.249 e. The van der Waals surface area contributed by atoms with E-state index >= 15 is 0 Å². The quantitative estimate of drug-likeness (QED) is 0.426. The molecule has 178 valence electrons. The first kappa shape index (κ1) is 22.9. The molecule has 1 aromatic heterocycles. The molecule has 2 heterocycles. The van der Waals surface area contributed by atoms with E-state index in [1.807, 2.05) is 48.7 Å². The predicted molar refractivity (Wildman–Crippen MR) is 139 cm³/mol. The monoisotopic (exact) mass is 465 g/mol. The SMILES string of the molecule is O=C(NCc1ccccc1CN1CCN(c2ccccc2)CC1)C(c1ccccc1)n1cccn1. The first-order valence-corrected chi connectivity index (χ1v) is 12.2. The number of para-hydroxylation sites is 1. The van der Waals surface area contributed by atoms with E-state index in [9.17, 15) is 4.79 Å². The molecule has 4 aromatic rings. The van der Waals surface area contributed by atoms with Gasteiger partial charge in [-0.3, -0.25) is 14.4 Å². The molecule has 1 saturated heterocycles. The molecule has 6 heteroatoms. The smallest absolute Gasteiger partial charge is 0.249 e. The lowest BCUT2D eigenvalue weighted by molar-refractivity contribution is -0.123. The molecule has 1 amide bonds. The number of carbonyl (C=O) groups is 1. The van der Waals surface area contributed by atoms with E-state index in [1.165, 1.54) is 11.3 Å². The summed E-state index contributed by atoms with van der Waals surface area (Å²) in [6.45, 7) is 5.45. The highest BCUT2D eigenvalue weighted by molar-refractivity contribution is 5.83. The number of carbonyl (C=O) groups excluding carboxylic acids is 1. The average Bonchev–Trinajstić information content (AvgIpc) is 3.44. The zero-order valence-corrected chi connectivity index (χ0v) is 19.8. The van der Waals surface area contributed by atoms with Crippen molar-refractivity contribution in [3.05, 3.63) is 120 Å². The third-order valence-electron chi connectivity index (χ3n) is 6.61. The largest absolute Gasteiger partial charge is 0.369 e. The Balaban J connectivity index is 1.22. The number of amides is 1. The molecule has 0 bridgehead atoms. The van der Waals surface area contributed by atoms with Crippen molar-refractivity contribution in [1.82, 2.24) is 20.0 Å². The van der Waals surface area contributed by atoms with Gasteiger partial charge in [-0.15, -0.1) is 0 Å². The van der Waals surface area contributed by atoms with Crippen molar-refractivity contribution in [1.29, 1.82) is 0 Å². The normalized spacial score (nSPS) is 15.0. The van der Waals surface area contributed by atoms with E-state index in [2.05, 4.69) is 68.7 Å². The van der Waals surface area contributed by atoms with Crippen LogP contribution in [0.2, 0.25) is 0 Å². The maximum absolute atomic E-state index is 13.3. The Bertz CT molecular complexity index is 1200. The fraction of sp³-hybridized carbons (Fsp3) is 0.241. The van der Waals surface area contributed by atoms with Gasteiger partial charge in [0.1, 0.15) is 0 Å². The molecule has 6 nitrogen and oxygen atoms in total. The molecule has 1 N–H and O–H groups in total. The number of anilines is 1. The molecule has 3 aromatic carbocycles. The molecule has 1 atom stereocenters. The van der Waals surface area contributed by atoms with Gasteiger partial charge in [-0.1, -0.05) is 72.8 Å². The van der Waals surface area contributed by atoms with Gasteiger partial charge in [-0.25, -0.2) is 0 Å². The molecule has 0 saturated carbocycles. The highest BCUT2D eigenvalue weighted by atomic mass is 16.2. The van der Waals surface area contributed by atoms with Crippen LogP contribution in [0.25, 0.3) is 0 Å². The number of aromatic nitrogens is 2. The van der Waals surface area contributed by atoms with Crippen LogP contribution >= 0.6 is 0 Å². The highest BCUT2D eigenvalue weighted by Crippen LogP contribution is 2.20. The number of piperazine rings is 1. The van der Waals surface area contributed by atoms with Gasteiger partial charge < -0.3 is 10.2 Å². The minimum absolute atomic E-state index is 0.0637. The standard InChI is InChI=1S/C29H31N5O/c35-29(28(34-17-9-16-31-34)24-10-3-1-4-11-24)30-22-25-12-7-8-13-26(25)23-32-18-20-33(21-19-32)27-14-5-2-6-15-27/h1-17,28H,18-23H2,(H,30,35). The fourth-order valence-corrected chi connectivity index (χ4v) is 4.70. The van der Waals surface area contributed by atoms with Crippen LogP contribution < -0.4 is 10.2 Å². The maximum atomic E-state index is 13.3. The number of hydrogen-bond acceptors (Lipinski definition) is 4. The molecule has 0 aliphatic carbocycles. The Hall–Kier alpha value is -3.90. The molecular formula is C29H31N5O. The van der Waals surface area contributed by atoms with E-state index in [-0.39, 0.29) is 5.91 Å². The number of rotatable bonds is 8. The Labute approximate surface area is 206 Å². The zero-order valence-electron chi connectivity index (χ0n) is 19.8. The lowest BCUT2D eigenvalue weighted by atomic mass is 10.0.